The van der Waals surface area contributed by atoms with Gasteiger partial charge in [-0.25, -0.2) is 0 Å². The lowest BCUT2D eigenvalue weighted by Crippen LogP contribution is -2.32. The van der Waals surface area contributed by atoms with E-state index >= 15 is 0 Å². The van der Waals surface area contributed by atoms with Gasteiger partial charge in [-0.05, 0) is 48.1 Å². The largest absolute Gasteiger partial charge is 0.508 e. The zero-order valence-electron chi connectivity index (χ0n) is 15.6. The van der Waals surface area contributed by atoms with E-state index in [4.69, 9.17) is 0 Å². The van der Waals surface area contributed by atoms with Gasteiger partial charge in [0.25, 0.3) is 5.91 Å². The molecule has 140 valence electrons. The minimum atomic E-state index is -0.0160. The van der Waals surface area contributed by atoms with Crippen LogP contribution in [0.3, 0.4) is 0 Å². The molecule has 1 heterocycles. The molecule has 0 saturated heterocycles. The normalized spacial score (nSPS) is 22.6. The number of carbonyl (C=O) groups is 1. The van der Waals surface area contributed by atoms with Gasteiger partial charge in [0.1, 0.15) is 5.75 Å². The maximum absolute atomic E-state index is 12.8. The molecule has 4 rings (SSSR count). The molecule has 4 nitrogen and oxygen atoms in total. The van der Waals surface area contributed by atoms with Crippen LogP contribution in [0.15, 0.2) is 54.6 Å². The van der Waals surface area contributed by atoms with Crippen molar-refractivity contribution >= 4 is 11.6 Å². The first-order chi connectivity index (χ1) is 13.2. The van der Waals surface area contributed by atoms with Crippen molar-refractivity contribution in [3.63, 3.8) is 0 Å². The second-order valence-corrected chi connectivity index (χ2v) is 7.45. The Labute approximate surface area is 160 Å². The van der Waals surface area contributed by atoms with Crippen LogP contribution in [0.1, 0.15) is 59.6 Å². The van der Waals surface area contributed by atoms with Crippen LogP contribution in [0.4, 0.5) is 5.69 Å². The highest BCUT2D eigenvalue weighted by Gasteiger charge is 2.39. The molecule has 0 spiro atoms. The van der Waals surface area contributed by atoms with Crippen molar-refractivity contribution in [3.8, 4) is 5.75 Å². The van der Waals surface area contributed by atoms with Gasteiger partial charge >= 0.3 is 0 Å². The molecule has 2 aromatic carbocycles. The second kappa shape index (κ2) is 7.47. The topological polar surface area (TPSA) is 61.4 Å². The lowest BCUT2D eigenvalue weighted by atomic mass is 9.76. The summed E-state index contributed by atoms with van der Waals surface area (Å²) in [6, 6.07) is 13.5. The van der Waals surface area contributed by atoms with Crippen LogP contribution in [0, 0.1) is 5.92 Å². The predicted molar refractivity (Wildman–Crippen MR) is 108 cm³/mol. The number of phenolic OH excluding ortho intramolecular Hbond substituents is 1. The Hall–Kier alpha value is -2.75. The van der Waals surface area contributed by atoms with Crippen molar-refractivity contribution in [2.24, 2.45) is 5.92 Å². The van der Waals surface area contributed by atoms with Crippen LogP contribution in [0.5, 0.6) is 5.75 Å². The number of hydrogen-bond donors (Lipinski definition) is 3. The highest BCUT2D eigenvalue weighted by Crippen LogP contribution is 2.50. The zero-order chi connectivity index (χ0) is 18.8. The lowest BCUT2D eigenvalue weighted by molar-refractivity contribution is 0.0953. The minimum Gasteiger partial charge on any atom is -0.508 e. The molecule has 3 N–H and O–H groups in total. The van der Waals surface area contributed by atoms with Crippen molar-refractivity contribution in [3.05, 3.63) is 71.3 Å². The maximum atomic E-state index is 12.8. The van der Waals surface area contributed by atoms with Crippen molar-refractivity contribution in [2.75, 3.05) is 11.9 Å². The summed E-state index contributed by atoms with van der Waals surface area (Å²) in [5.41, 5.74) is 3.99. The summed E-state index contributed by atoms with van der Waals surface area (Å²) in [6.07, 6.45) is 7.57. The number of hydrogen-bond acceptors (Lipinski definition) is 3. The molecule has 0 radical (unpaired) electrons. The lowest BCUT2D eigenvalue weighted by Gasteiger charge is -2.38. The third-order valence-electron chi connectivity index (χ3n) is 5.71. The molecule has 0 aromatic heterocycles. The summed E-state index contributed by atoms with van der Waals surface area (Å²) in [7, 11) is 0. The zero-order valence-corrected chi connectivity index (χ0v) is 15.6. The van der Waals surface area contributed by atoms with Crippen molar-refractivity contribution in [2.45, 2.75) is 38.1 Å². The third-order valence-corrected chi connectivity index (χ3v) is 5.71. The molecule has 3 atom stereocenters. The molecule has 27 heavy (non-hydrogen) atoms. The fraction of sp³-hybridized carbons (Fsp3) is 0.348. The van der Waals surface area contributed by atoms with E-state index in [9.17, 15) is 9.90 Å². The van der Waals surface area contributed by atoms with E-state index in [1.54, 1.807) is 12.1 Å². The van der Waals surface area contributed by atoms with Crippen molar-refractivity contribution in [1.29, 1.82) is 0 Å². The molecule has 0 bridgehead atoms. The quantitative estimate of drug-likeness (QED) is 0.531. The maximum Gasteiger partial charge on any atom is 0.253 e. The number of amides is 1. The number of unbranched alkanes of at least 4 members (excludes halogenated alkanes) is 1. The van der Waals surface area contributed by atoms with Crippen LogP contribution in [-0.2, 0) is 0 Å². The number of fused-ring (bicyclic) bond motifs is 3. The van der Waals surface area contributed by atoms with Gasteiger partial charge in [-0.2, -0.15) is 0 Å². The van der Waals surface area contributed by atoms with Gasteiger partial charge in [-0.1, -0.05) is 49.8 Å². The number of aromatic hydroxyl groups is 1. The van der Waals surface area contributed by atoms with E-state index < -0.39 is 0 Å². The number of phenols is 1. The van der Waals surface area contributed by atoms with E-state index in [1.165, 1.54) is 5.56 Å². The number of carbonyl (C=O) groups excluding carboxylic acids is 1. The summed E-state index contributed by atoms with van der Waals surface area (Å²) >= 11 is 0. The molecule has 0 fully saturated rings. The fourth-order valence-electron chi connectivity index (χ4n) is 4.30. The number of benzene rings is 2. The number of anilines is 1. The molecule has 2 aliphatic rings. The smallest absolute Gasteiger partial charge is 0.253 e. The highest BCUT2D eigenvalue weighted by atomic mass is 16.3. The Kier molecular flexibility index (Phi) is 4.88. The molecule has 2 aromatic rings. The van der Waals surface area contributed by atoms with Gasteiger partial charge in [-0.3, -0.25) is 4.79 Å². The van der Waals surface area contributed by atoms with Gasteiger partial charge in [0.05, 0.1) is 17.3 Å². The van der Waals surface area contributed by atoms with Crippen LogP contribution in [0.25, 0.3) is 0 Å². The first-order valence-electron chi connectivity index (χ1n) is 9.82. The van der Waals surface area contributed by atoms with Gasteiger partial charge in [0.2, 0.25) is 0 Å². The Morgan fingerprint density at radius 3 is 2.81 bits per heavy atom. The molecule has 3 unspecified atom stereocenters. The SMILES string of the molecule is CCCCNC(=O)c1cccc2c1NC(c1ccc(O)cc1)C1CC=CC21. The summed E-state index contributed by atoms with van der Waals surface area (Å²) in [4.78, 5) is 12.8. The van der Waals surface area contributed by atoms with E-state index in [0.29, 0.717) is 23.9 Å². The van der Waals surface area contributed by atoms with Crippen molar-refractivity contribution < 1.29 is 9.90 Å². The Morgan fingerprint density at radius 1 is 1.22 bits per heavy atom. The summed E-state index contributed by atoms with van der Waals surface area (Å²) in [6.45, 7) is 2.82. The molecule has 1 aliphatic carbocycles. The van der Waals surface area contributed by atoms with Crippen LogP contribution in [-0.4, -0.2) is 17.6 Å². The molecular formula is C23H26N2O2. The Balaban J connectivity index is 1.70. The predicted octanol–water partition coefficient (Wildman–Crippen LogP) is 4.75. The summed E-state index contributed by atoms with van der Waals surface area (Å²) < 4.78 is 0. The first kappa shape index (κ1) is 17.7. The average molecular weight is 362 g/mol. The fourth-order valence-corrected chi connectivity index (χ4v) is 4.30. The average Bonchev–Trinajstić information content (AvgIpc) is 3.18. The Bertz CT molecular complexity index is 857. The molecule has 1 amide bonds. The van der Waals surface area contributed by atoms with Crippen LogP contribution < -0.4 is 10.6 Å². The number of nitrogens with one attached hydrogen (secondary N) is 2. The van der Waals surface area contributed by atoms with Gasteiger partial charge in [-0.15, -0.1) is 0 Å². The molecular weight excluding hydrogens is 336 g/mol. The Morgan fingerprint density at radius 2 is 2.04 bits per heavy atom. The third kappa shape index (κ3) is 3.32. The first-order valence-corrected chi connectivity index (χ1v) is 9.82. The molecule has 1 aliphatic heterocycles. The number of allylic oxidation sites excluding steroid dienone is 2. The van der Waals surface area contributed by atoms with Crippen LogP contribution in [0.2, 0.25) is 0 Å². The van der Waals surface area contributed by atoms with E-state index in [2.05, 4.69) is 35.8 Å². The monoisotopic (exact) mass is 362 g/mol. The van der Waals surface area contributed by atoms with Crippen molar-refractivity contribution in [1.82, 2.24) is 5.32 Å². The van der Waals surface area contributed by atoms with E-state index in [-0.39, 0.29) is 17.7 Å². The standard InChI is InChI=1S/C23H26N2O2/c1-2-3-14-24-23(27)20-9-5-8-19-17-6-4-7-18(17)21(25-22(19)20)15-10-12-16(26)13-11-15/h4-6,8-13,17-18,21,25-26H,2-3,7,14H2,1H3,(H,24,27). The van der Waals surface area contributed by atoms with E-state index in [1.807, 2.05) is 24.3 Å². The summed E-state index contributed by atoms with van der Waals surface area (Å²) in [5, 5.41) is 16.3. The van der Waals surface area contributed by atoms with Gasteiger partial charge < -0.3 is 15.7 Å². The highest BCUT2D eigenvalue weighted by molar-refractivity contribution is 6.00. The second-order valence-electron chi connectivity index (χ2n) is 7.45. The molecule has 0 saturated carbocycles. The van der Waals surface area contributed by atoms with E-state index in [0.717, 1.165) is 30.5 Å². The minimum absolute atomic E-state index is 0.0160. The van der Waals surface area contributed by atoms with Gasteiger partial charge in [0, 0.05) is 12.5 Å². The summed E-state index contributed by atoms with van der Waals surface area (Å²) in [5.74, 6) is 0.980. The molecule has 4 heteroatoms. The van der Waals surface area contributed by atoms with Crippen LogP contribution >= 0.6 is 0 Å². The van der Waals surface area contributed by atoms with Gasteiger partial charge in [0.15, 0.2) is 0 Å². The number of rotatable bonds is 5. The number of para-hydroxylation sites is 1.